The van der Waals surface area contributed by atoms with Gasteiger partial charge in [-0.3, -0.25) is 4.98 Å². The van der Waals surface area contributed by atoms with E-state index in [0.29, 0.717) is 0 Å². The minimum atomic E-state index is 0.945. The van der Waals surface area contributed by atoms with E-state index in [1.54, 1.807) is 13.3 Å². The number of oxime groups is 1. The highest BCUT2D eigenvalue weighted by molar-refractivity contribution is 6.02. The van der Waals surface area contributed by atoms with Crippen LogP contribution in [0.3, 0.4) is 0 Å². The Morgan fingerprint density at radius 3 is 3.25 bits per heavy atom. The molecule has 0 N–H and O–H groups in total. The van der Waals surface area contributed by atoms with Crippen molar-refractivity contribution in [2.45, 2.75) is 12.8 Å². The Balaban J connectivity index is 2.43. The number of hydrogen-bond acceptors (Lipinski definition) is 3. The fourth-order valence-corrected chi connectivity index (χ4v) is 1.47. The molecule has 0 aromatic carbocycles. The maximum atomic E-state index is 4.73. The second-order valence-corrected chi connectivity index (χ2v) is 2.73. The van der Waals surface area contributed by atoms with Crippen LogP contribution >= 0.6 is 0 Å². The lowest BCUT2D eigenvalue weighted by Crippen LogP contribution is -1.97. The molecular weight excluding hydrogens is 152 g/mol. The summed E-state index contributed by atoms with van der Waals surface area (Å²) in [6, 6.07) is 4.04. The van der Waals surface area contributed by atoms with Crippen LogP contribution in [0.25, 0.3) is 0 Å². The van der Waals surface area contributed by atoms with Crippen LogP contribution in [0.1, 0.15) is 17.7 Å². The third-order valence-electron chi connectivity index (χ3n) is 2.00. The van der Waals surface area contributed by atoms with E-state index in [1.165, 1.54) is 5.56 Å². The van der Waals surface area contributed by atoms with Crippen LogP contribution in [0.15, 0.2) is 23.5 Å². The smallest absolute Gasteiger partial charge is 0.106 e. The molecule has 1 aliphatic rings. The average molecular weight is 162 g/mol. The molecule has 0 saturated heterocycles. The van der Waals surface area contributed by atoms with E-state index in [1.807, 2.05) is 6.07 Å². The molecule has 12 heavy (non-hydrogen) atoms. The van der Waals surface area contributed by atoms with E-state index in [4.69, 9.17) is 4.84 Å². The Hall–Kier alpha value is -1.38. The first kappa shape index (κ1) is 7.28. The van der Waals surface area contributed by atoms with E-state index in [9.17, 15) is 0 Å². The minimum absolute atomic E-state index is 0.945. The van der Waals surface area contributed by atoms with Gasteiger partial charge in [-0.25, -0.2) is 0 Å². The number of pyridine rings is 1. The lowest BCUT2D eigenvalue weighted by atomic mass is 10.2. The number of fused-ring (bicyclic) bond motifs is 1. The van der Waals surface area contributed by atoms with E-state index in [-0.39, 0.29) is 0 Å². The lowest BCUT2D eigenvalue weighted by molar-refractivity contribution is 0.213. The van der Waals surface area contributed by atoms with Crippen molar-refractivity contribution in [2.24, 2.45) is 5.16 Å². The zero-order chi connectivity index (χ0) is 8.39. The Morgan fingerprint density at radius 2 is 2.42 bits per heavy atom. The van der Waals surface area contributed by atoms with Gasteiger partial charge >= 0.3 is 0 Å². The summed E-state index contributed by atoms with van der Waals surface area (Å²) in [7, 11) is 1.56. The van der Waals surface area contributed by atoms with Gasteiger partial charge in [-0.15, -0.1) is 0 Å². The zero-order valence-corrected chi connectivity index (χ0v) is 6.95. The molecule has 0 saturated carbocycles. The summed E-state index contributed by atoms with van der Waals surface area (Å²) >= 11 is 0. The molecule has 1 aromatic rings. The first-order valence-electron chi connectivity index (χ1n) is 3.96. The fourth-order valence-electron chi connectivity index (χ4n) is 1.47. The van der Waals surface area contributed by atoms with Gasteiger partial charge in [-0.2, -0.15) is 0 Å². The first-order valence-corrected chi connectivity index (χ1v) is 3.96. The van der Waals surface area contributed by atoms with Gasteiger partial charge < -0.3 is 4.84 Å². The highest BCUT2D eigenvalue weighted by atomic mass is 16.6. The van der Waals surface area contributed by atoms with Crippen molar-refractivity contribution >= 4 is 5.71 Å². The van der Waals surface area contributed by atoms with Crippen LogP contribution in [-0.2, 0) is 11.3 Å². The summed E-state index contributed by atoms with van der Waals surface area (Å²) in [6.07, 6.45) is 3.76. The fraction of sp³-hybridized carbons (Fsp3) is 0.333. The summed E-state index contributed by atoms with van der Waals surface area (Å²) < 4.78 is 0. The third kappa shape index (κ3) is 1.07. The predicted octanol–water partition coefficient (Wildman–Crippen LogP) is 1.38. The largest absolute Gasteiger partial charge is 0.399 e. The van der Waals surface area contributed by atoms with Crippen LogP contribution in [-0.4, -0.2) is 17.8 Å². The van der Waals surface area contributed by atoms with Crippen molar-refractivity contribution in [1.82, 2.24) is 4.98 Å². The number of aromatic nitrogens is 1. The molecule has 3 nitrogen and oxygen atoms in total. The van der Waals surface area contributed by atoms with Crippen LogP contribution < -0.4 is 0 Å². The quantitative estimate of drug-likeness (QED) is 0.584. The topological polar surface area (TPSA) is 34.5 Å². The van der Waals surface area contributed by atoms with Gasteiger partial charge in [0.1, 0.15) is 12.8 Å². The Bertz CT molecular complexity index is 320. The third-order valence-corrected chi connectivity index (χ3v) is 2.00. The maximum absolute atomic E-state index is 4.73. The van der Waals surface area contributed by atoms with Crippen LogP contribution in [0.5, 0.6) is 0 Å². The molecule has 0 unspecified atom stereocenters. The van der Waals surface area contributed by atoms with E-state index in [0.717, 1.165) is 24.2 Å². The molecule has 3 heteroatoms. The molecule has 1 aromatic heterocycles. The van der Waals surface area contributed by atoms with Crippen molar-refractivity contribution in [3.8, 4) is 0 Å². The molecule has 62 valence electrons. The normalized spacial score (nSPS) is 17.9. The minimum Gasteiger partial charge on any atom is -0.399 e. The van der Waals surface area contributed by atoms with Gasteiger partial charge in [-0.05, 0) is 24.5 Å². The molecule has 0 spiro atoms. The molecule has 0 radical (unpaired) electrons. The summed E-state index contributed by atoms with van der Waals surface area (Å²) in [6.45, 7) is 0. The average Bonchev–Trinajstić information content (AvgIpc) is 2.50. The van der Waals surface area contributed by atoms with Crippen molar-refractivity contribution in [1.29, 1.82) is 0 Å². The van der Waals surface area contributed by atoms with Crippen LogP contribution in [0, 0.1) is 0 Å². The summed E-state index contributed by atoms with van der Waals surface area (Å²) in [5.74, 6) is 0. The molecule has 0 bridgehead atoms. The zero-order valence-electron chi connectivity index (χ0n) is 6.95. The van der Waals surface area contributed by atoms with Gasteiger partial charge in [0.25, 0.3) is 0 Å². The monoisotopic (exact) mass is 162 g/mol. The second-order valence-electron chi connectivity index (χ2n) is 2.73. The molecule has 1 heterocycles. The Labute approximate surface area is 71.1 Å². The van der Waals surface area contributed by atoms with Crippen LogP contribution in [0.2, 0.25) is 0 Å². The summed E-state index contributed by atoms with van der Waals surface area (Å²) in [4.78, 5) is 8.98. The van der Waals surface area contributed by atoms with Crippen molar-refractivity contribution in [3.05, 3.63) is 29.6 Å². The molecule has 0 amide bonds. The lowest BCUT2D eigenvalue weighted by Gasteiger charge is -1.95. The van der Waals surface area contributed by atoms with Gasteiger partial charge in [0.05, 0.1) is 5.69 Å². The molecule has 1 aliphatic carbocycles. The Kier molecular flexibility index (Phi) is 1.78. The molecule has 2 rings (SSSR count). The number of aryl methyl sites for hydroxylation is 1. The van der Waals surface area contributed by atoms with Crippen molar-refractivity contribution in [2.75, 3.05) is 7.11 Å². The highest BCUT2D eigenvalue weighted by Gasteiger charge is 2.18. The molecule has 0 atom stereocenters. The van der Waals surface area contributed by atoms with E-state index >= 15 is 0 Å². The predicted molar refractivity (Wildman–Crippen MR) is 46.1 cm³/mol. The van der Waals surface area contributed by atoms with E-state index < -0.39 is 0 Å². The summed E-state index contributed by atoms with van der Waals surface area (Å²) in [5, 5.41) is 3.92. The Morgan fingerprint density at radius 1 is 1.50 bits per heavy atom. The molecule has 0 fully saturated rings. The number of nitrogens with zero attached hydrogens (tertiary/aromatic N) is 2. The van der Waals surface area contributed by atoms with Crippen molar-refractivity contribution < 1.29 is 4.84 Å². The standard InChI is InChI=1S/C9H10N2O/c1-12-11-8-5-4-7-3-2-6-10-9(7)8/h2-3,6H,4-5H2,1H3. The van der Waals surface area contributed by atoms with Crippen LogP contribution in [0.4, 0.5) is 0 Å². The SMILES string of the molecule is CON=C1CCc2cccnc21. The van der Waals surface area contributed by atoms with Crippen molar-refractivity contribution in [3.63, 3.8) is 0 Å². The number of hydrogen-bond donors (Lipinski definition) is 0. The molecular formula is C9H10N2O. The maximum Gasteiger partial charge on any atom is 0.106 e. The first-order chi connectivity index (χ1) is 5.92. The van der Waals surface area contributed by atoms with Gasteiger partial charge in [0, 0.05) is 6.20 Å². The molecule has 0 aliphatic heterocycles. The highest BCUT2D eigenvalue weighted by Crippen LogP contribution is 2.19. The van der Waals surface area contributed by atoms with Gasteiger partial charge in [-0.1, -0.05) is 11.2 Å². The second kappa shape index (κ2) is 2.93. The van der Waals surface area contributed by atoms with Gasteiger partial charge in [0.15, 0.2) is 0 Å². The van der Waals surface area contributed by atoms with E-state index in [2.05, 4.69) is 16.2 Å². The number of rotatable bonds is 1. The van der Waals surface area contributed by atoms with Gasteiger partial charge in [0.2, 0.25) is 0 Å². The summed E-state index contributed by atoms with van der Waals surface area (Å²) in [5.41, 5.74) is 3.24.